The van der Waals surface area contributed by atoms with E-state index in [0.29, 0.717) is 25.4 Å². The molecule has 0 unspecified atom stereocenters. The standard InChI is InChI=1S/C18H22N4O4.ClH/c23-17(20-12-15-4-3-11-26-15)13-25-14-18(24)22-9-7-21(8-10-22)16-5-1-2-6-19-16;/h1-6,11H,7-10,12-14H2,(H,20,23);1H. The highest BCUT2D eigenvalue weighted by atomic mass is 35.5. The largest absolute Gasteiger partial charge is 0.467 e. The molecule has 3 heterocycles. The van der Waals surface area contributed by atoms with Crippen molar-refractivity contribution in [3.05, 3.63) is 48.6 Å². The number of carbonyl (C=O) groups is 2. The maximum absolute atomic E-state index is 12.2. The van der Waals surface area contributed by atoms with Crippen LogP contribution in [0, 0.1) is 0 Å². The topological polar surface area (TPSA) is 87.9 Å². The fourth-order valence-corrected chi connectivity index (χ4v) is 2.70. The second-order valence-corrected chi connectivity index (χ2v) is 5.90. The van der Waals surface area contributed by atoms with Gasteiger partial charge in [0.2, 0.25) is 11.8 Å². The van der Waals surface area contributed by atoms with E-state index in [9.17, 15) is 9.59 Å². The van der Waals surface area contributed by atoms with Gasteiger partial charge in [-0.3, -0.25) is 9.59 Å². The Bertz CT molecular complexity index is 703. The molecule has 27 heavy (non-hydrogen) atoms. The summed E-state index contributed by atoms with van der Waals surface area (Å²) < 4.78 is 10.4. The van der Waals surface area contributed by atoms with Gasteiger partial charge in [0.25, 0.3) is 0 Å². The Kier molecular flexibility index (Phi) is 8.09. The van der Waals surface area contributed by atoms with Crippen molar-refractivity contribution in [2.24, 2.45) is 0 Å². The van der Waals surface area contributed by atoms with Crippen molar-refractivity contribution < 1.29 is 18.7 Å². The zero-order chi connectivity index (χ0) is 18.2. The molecular formula is C18H23ClN4O4. The van der Waals surface area contributed by atoms with Gasteiger partial charge in [0.1, 0.15) is 24.8 Å². The number of ether oxygens (including phenoxy) is 1. The van der Waals surface area contributed by atoms with Crippen LogP contribution in [0.2, 0.25) is 0 Å². The van der Waals surface area contributed by atoms with Crippen molar-refractivity contribution in [2.75, 3.05) is 44.3 Å². The molecule has 0 spiro atoms. The summed E-state index contributed by atoms with van der Waals surface area (Å²) in [5.74, 6) is 1.20. The predicted molar refractivity (Wildman–Crippen MR) is 102 cm³/mol. The summed E-state index contributed by atoms with van der Waals surface area (Å²) in [5.41, 5.74) is 0. The normalized spacial score (nSPS) is 13.8. The molecule has 8 nitrogen and oxygen atoms in total. The number of aromatic nitrogens is 1. The summed E-state index contributed by atoms with van der Waals surface area (Å²) in [6.45, 7) is 2.74. The van der Waals surface area contributed by atoms with Crippen molar-refractivity contribution in [3.8, 4) is 0 Å². The Labute approximate surface area is 163 Å². The molecule has 1 fully saturated rings. The van der Waals surface area contributed by atoms with E-state index in [0.717, 1.165) is 18.9 Å². The minimum atomic E-state index is -0.283. The predicted octanol–water partition coefficient (Wildman–Crippen LogP) is 1.08. The lowest BCUT2D eigenvalue weighted by atomic mass is 10.3. The van der Waals surface area contributed by atoms with Crippen LogP contribution >= 0.6 is 12.4 Å². The number of hydrogen-bond acceptors (Lipinski definition) is 6. The van der Waals surface area contributed by atoms with Crippen molar-refractivity contribution in [3.63, 3.8) is 0 Å². The van der Waals surface area contributed by atoms with Gasteiger partial charge in [0.15, 0.2) is 0 Å². The van der Waals surface area contributed by atoms with E-state index in [2.05, 4.69) is 15.2 Å². The molecule has 0 atom stereocenters. The van der Waals surface area contributed by atoms with Gasteiger partial charge < -0.3 is 24.3 Å². The van der Waals surface area contributed by atoms with Crippen molar-refractivity contribution in [1.29, 1.82) is 0 Å². The Hall–Kier alpha value is -2.58. The number of nitrogens with zero attached hydrogens (tertiary/aromatic N) is 3. The van der Waals surface area contributed by atoms with Gasteiger partial charge in [0.05, 0.1) is 12.8 Å². The van der Waals surface area contributed by atoms with E-state index >= 15 is 0 Å². The van der Waals surface area contributed by atoms with Gasteiger partial charge >= 0.3 is 0 Å². The Morgan fingerprint density at radius 1 is 1.11 bits per heavy atom. The average molecular weight is 395 g/mol. The summed E-state index contributed by atoms with van der Waals surface area (Å²) >= 11 is 0. The van der Waals surface area contributed by atoms with E-state index in [-0.39, 0.29) is 37.4 Å². The molecular weight excluding hydrogens is 372 g/mol. The molecule has 1 aliphatic heterocycles. The van der Waals surface area contributed by atoms with Crippen LogP contribution in [0.3, 0.4) is 0 Å². The number of halogens is 1. The zero-order valence-corrected chi connectivity index (χ0v) is 15.7. The number of pyridine rings is 1. The molecule has 2 aromatic heterocycles. The molecule has 1 N–H and O–H groups in total. The Morgan fingerprint density at radius 3 is 2.59 bits per heavy atom. The molecule has 0 saturated carbocycles. The second-order valence-electron chi connectivity index (χ2n) is 5.90. The quantitative estimate of drug-likeness (QED) is 0.756. The number of furan rings is 1. The smallest absolute Gasteiger partial charge is 0.248 e. The first-order valence-corrected chi connectivity index (χ1v) is 8.53. The molecule has 0 aromatic carbocycles. The summed E-state index contributed by atoms with van der Waals surface area (Å²) in [5, 5.41) is 2.67. The van der Waals surface area contributed by atoms with Crippen molar-refractivity contribution in [1.82, 2.24) is 15.2 Å². The fourth-order valence-electron chi connectivity index (χ4n) is 2.70. The van der Waals surface area contributed by atoms with Gasteiger partial charge in [-0.05, 0) is 24.3 Å². The van der Waals surface area contributed by atoms with E-state index in [4.69, 9.17) is 9.15 Å². The molecule has 3 rings (SSSR count). The molecule has 0 bridgehead atoms. The van der Waals surface area contributed by atoms with Crippen molar-refractivity contribution >= 4 is 30.0 Å². The van der Waals surface area contributed by atoms with Gasteiger partial charge in [-0.25, -0.2) is 4.98 Å². The molecule has 0 aliphatic carbocycles. The van der Waals surface area contributed by atoms with E-state index in [1.165, 1.54) is 0 Å². The minimum Gasteiger partial charge on any atom is -0.467 e. The third-order valence-corrected chi connectivity index (χ3v) is 4.10. The van der Waals surface area contributed by atoms with Crippen LogP contribution in [0.1, 0.15) is 5.76 Å². The number of rotatable bonds is 7. The lowest BCUT2D eigenvalue weighted by Crippen LogP contribution is -2.50. The van der Waals surface area contributed by atoms with Crippen LogP contribution in [0.15, 0.2) is 47.2 Å². The highest BCUT2D eigenvalue weighted by Gasteiger charge is 2.21. The highest BCUT2D eigenvalue weighted by Crippen LogP contribution is 2.12. The van der Waals surface area contributed by atoms with Gasteiger partial charge in [-0.15, -0.1) is 12.4 Å². The fraction of sp³-hybridized carbons (Fsp3) is 0.389. The molecule has 1 aliphatic rings. The van der Waals surface area contributed by atoms with Crippen LogP contribution < -0.4 is 10.2 Å². The van der Waals surface area contributed by atoms with Crippen LogP contribution in [-0.2, 0) is 20.9 Å². The second kappa shape index (κ2) is 10.5. The lowest BCUT2D eigenvalue weighted by molar-refractivity contribution is -0.138. The summed E-state index contributed by atoms with van der Waals surface area (Å²) in [6.07, 6.45) is 3.31. The van der Waals surface area contributed by atoms with Gasteiger partial charge in [-0.2, -0.15) is 0 Å². The Morgan fingerprint density at radius 2 is 1.93 bits per heavy atom. The van der Waals surface area contributed by atoms with Crippen LogP contribution in [-0.4, -0.2) is 61.1 Å². The average Bonchev–Trinajstić information content (AvgIpc) is 3.21. The monoisotopic (exact) mass is 394 g/mol. The maximum atomic E-state index is 12.2. The molecule has 1 saturated heterocycles. The van der Waals surface area contributed by atoms with Crippen LogP contribution in [0.25, 0.3) is 0 Å². The first-order chi connectivity index (χ1) is 12.7. The number of piperazine rings is 1. The molecule has 0 radical (unpaired) electrons. The number of anilines is 1. The summed E-state index contributed by atoms with van der Waals surface area (Å²) in [4.78, 5) is 32.1. The minimum absolute atomic E-state index is 0. The highest BCUT2D eigenvalue weighted by molar-refractivity contribution is 5.85. The van der Waals surface area contributed by atoms with Crippen LogP contribution in [0.4, 0.5) is 5.82 Å². The molecule has 2 amide bonds. The van der Waals surface area contributed by atoms with Crippen molar-refractivity contribution in [2.45, 2.75) is 6.54 Å². The third kappa shape index (κ3) is 6.26. The SMILES string of the molecule is Cl.O=C(COCC(=O)N1CCN(c2ccccn2)CC1)NCc1ccco1. The van der Waals surface area contributed by atoms with E-state index in [1.54, 1.807) is 29.5 Å². The zero-order valence-electron chi connectivity index (χ0n) is 14.9. The number of nitrogens with one attached hydrogen (secondary N) is 1. The van der Waals surface area contributed by atoms with E-state index in [1.807, 2.05) is 18.2 Å². The number of amides is 2. The molecule has 9 heteroatoms. The lowest BCUT2D eigenvalue weighted by Gasteiger charge is -2.35. The first kappa shape index (κ1) is 20.7. The Balaban J connectivity index is 0.00000261. The number of hydrogen-bond donors (Lipinski definition) is 1. The maximum Gasteiger partial charge on any atom is 0.248 e. The molecule has 146 valence electrons. The first-order valence-electron chi connectivity index (χ1n) is 8.53. The van der Waals surface area contributed by atoms with Gasteiger partial charge in [-0.1, -0.05) is 6.07 Å². The molecule has 2 aromatic rings. The summed E-state index contributed by atoms with van der Waals surface area (Å²) in [7, 11) is 0. The van der Waals surface area contributed by atoms with Crippen LogP contribution in [0.5, 0.6) is 0 Å². The summed E-state index contributed by atoms with van der Waals surface area (Å²) in [6, 6.07) is 9.32. The van der Waals surface area contributed by atoms with E-state index < -0.39 is 0 Å². The number of carbonyl (C=O) groups excluding carboxylic acids is 2. The van der Waals surface area contributed by atoms with Gasteiger partial charge in [0, 0.05) is 32.4 Å². The third-order valence-electron chi connectivity index (χ3n) is 4.10.